The molecule has 35 heavy (non-hydrogen) atoms. The van der Waals surface area contributed by atoms with Crippen LogP contribution in [0.4, 0.5) is 5.69 Å². The van der Waals surface area contributed by atoms with Crippen LogP contribution in [-0.2, 0) is 4.79 Å². The molecule has 0 aliphatic carbocycles. The molecule has 1 amide bonds. The van der Waals surface area contributed by atoms with Crippen LogP contribution in [0, 0.1) is 0 Å². The first-order chi connectivity index (χ1) is 17.1. The average molecular weight is 490 g/mol. The monoisotopic (exact) mass is 489 g/mol. The number of ether oxygens (including phenoxy) is 3. The normalized spacial score (nSPS) is 10.6. The minimum absolute atomic E-state index is 0.118. The van der Waals surface area contributed by atoms with E-state index in [-0.39, 0.29) is 11.7 Å². The van der Waals surface area contributed by atoms with Gasteiger partial charge in [-0.2, -0.15) is 0 Å². The minimum atomic E-state index is -0.118. The number of nitrogens with one attached hydrogen (secondary N) is 1. The lowest BCUT2D eigenvalue weighted by atomic mass is 10.1. The van der Waals surface area contributed by atoms with E-state index >= 15 is 0 Å². The van der Waals surface area contributed by atoms with E-state index in [0.29, 0.717) is 17.5 Å². The number of nitrogens with zero attached hydrogens (tertiary/aromatic N) is 2. The van der Waals surface area contributed by atoms with Crippen molar-refractivity contribution in [2.45, 2.75) is 12.1 Å². The third-order valence-corrected chi connectivity index (χ3v) is 6.14. The van der Waals surface area contributed by atoms with E-state index in [1.165, 1.54) is 11.8 Å². The van der Waals surface area contributed by atoms with Gasteiger partial charge in [-0.1, -0.05) is 11.8 Å². The number of amides is 1. The van der Waals surface area contributed by atoms with Crippen LogP contribution >= 0.6 is 11.8 Å². The highest BCUT2D eigenvalue weighted by Crippen LogP contribution is 2.29. The molecule has 8 heteroatoms. The Hall–Kier alpha value is -3.91. The molecule has 0 aliphatic heterocycles. The molecule has 4 rings (SSSR count). The molecule has 0 radical (unpaired) electrons. The Balaban J connectivity index is 1.55. The van der Waals surface area contributed by atoms with Crippen LogP contribution in [0.1, 0.15) is 6.92 Å². The fraction of sp³-hybridized carbons (Fsp3) is 0.185. The fourth-order valence-corrected chi connectivity index (χ4v) is 4.21. The van der Waals surface area contributed by atoms with Crippen LogP contribution in [0.15, 0.2) is 84.1 Å². The molecule has 0 fully saturated rings. The van der Waals surface area contributed by atoms with Crippen molar-refractivity contribution in [3.8, 4) is 34.2 Å². The van der Waals surface area contributed by atoms with Crippen molar-refractivity contribution in [1.82, 2.24) is 9.55 Å². The molecule has 0 unspecified atom stereocenters. The minimum Gasteiger partial charge on any atom is -0.497 e. The summed E-state index contributed by atoms with van der Waals surface area (Å²) in [5.41, 5.74) is 3.41. The molecular weight excluding hydrogens is 462 g/mol. The van der Waals surface area contributed by atoms with Crippen molar-refractivity contribution in [3.63, 3.8) is 0 Å². The SMILES string of the molecule is CCOc1ccc(-c2cn(-c3ccc(OC)cc3)c(SCC(=O)Nc3ccc(OC)cc3)n2)cc1. The first kappa shape index (κ1) is 24.2. The van der Waals surface area contributed by atoms with Crippen molar-refractivity contribution in [2.24, 2.45) is 0 Å². The van der Waals surface area contributed by atoms with E-state index in [1.807, 2.05) is 90.5 Å². The first-order valence-electron chi connectivity index (χ1n) is 11.1. The summed E-state index contributed by atoms with van der Waals surface area (Å²) in [5.74, 6) is 2.42. The van der Waals surface area contributed by atoms with Gasteiger partial charge in [-0.05, 0) is 79.7 Å². The van der Waals surface area contributed by atoms with Crippen molar-refractivity contribution >= 4 is 23.4 Å². The maximum absolute atomic E-state index is 12.6. The second-order valence-electron chi connectivity index (χ2n) is 7.50. The van der Waals surface area contributed by atoms with Gasteiger partial charge in [0.05, 0.1) is 32.3 Å². The number of hydrogen-bond acceptors (Lipinski definition) is 6. The maximum Gasteiger partial charge on any atom is 0.234 e. The third-order valence-electron chi connectivity index (χ3n) is 5.19. The Morgan fingerprint density at radius 2 is 1.49 bits per heavy atom. The van der Waals surface area contributed by atoms with E-state index in [4.69, 9.17) is 19.2 Å². The van der Waals surface area contributed by atoms with Gasteiger partial charge in [-0.3, -0.25) is 9.36 Å². The molecule has 1 N–H and O–H groups in total. The van der Waals surface area contributed by atoms with E-state index in [2.05, 4.69) is 5.32 Å². The number of benzene rings is 3. The molecule has 4 aromatic rings. The van der Waals surface area contributed by atoms with Gasteiger partial charge in [0.2, 0.25) is 5.91 Å². The van der Waals surface area contributed by atoms with Gasteiger partial charge in [-0.15, -0.1) is 0 Å². The predicted molar refractivity (Wildman–Crippen MR) is 139 cm³/mol. The van der Waals surface area contributed by atoms with Crippen LogP contribution in [0.2, 0.25) is 0 Å². The smallest absolute Gasteiger partial charge is 0.234 e. The van der Waals surface area contributed by atoms with Crippen molar-refractivity contribution in [2.75, 3.05) is 31.9 Å². The first-order valence-corrected chi connectivity index (χ1v) is 12.1. The number of anilines is 1. The summed E-state index contributed by atoms with van der Waals surface area (Å²) in [6, 6.07) is 22.8. The van der Waals surface area contributed by atoms with Gasteiger partial charge in [0.1, 0.15) is 17.2 Å². The molecule has 0 spiro atoms. The summed E-state index contributed by atoms with van der Waals surface area (Å²) in [6.45, 7) is 2.57. The Morgan fingerprint density at radius 3 is 2.09 bits per heavy atom. The second-order valence-corrected chi connectivity index (χ2v) is 8.44. The highest BCUT2D eigenvalue weighted by molar-refractivity contribution is 7.99. The number of carbonyl (C=O) groups excluding carboxylic acids is 1. The molecule has 0 saturated carbocycles. The Labute approximate surface area is 209 Å². The molecule has 1 heterocycles. The summed E-state index contributed by atoms with van der Waals surface area (Å²) in [7, 11) is 3.25. The quantitative estimate of drug-likeness (QED) is 0.289. The molecule has 7 nitrogen and oxygen atoms in total. The third kappa shape index (κ3) is 6.16. The number of methoxy groups -OCH3 is 2. The molecule has 0 atom stereocenters. The van der Waals surface area contributed by atoms with Gasteiger partial charge in [0.25, 0.3) is 0 Å². The van der Waals surface area contributed by atoms with E-state index in [9.17, 15) is 4.79 Å². The molecule has 3 aromatic carbocycles. The summed E-state index contributed by atoms with van der Waals surface area (Å²) in [6.07, 6.45) is 1.97. The van der Waals surface area contributed by atoms with Gasteiger partial charge >= 0.3 is 0 Å². The zero-order valence-corrected chi connectivity index (χ0v) is 20.7. The number of rotatable bonds is 10. The maximum atomic E-state index is 12.6. The van der Waals surface area contributed by atoms with Crippen molar-refractivity contribution in [1.29, 1.82) is 0 Å². The van der Waals surface area contributed by atoms with E-state index in [0.717, 1.165) is 34.2 Å². The van der Waals surface area contributed by atoms with Gasteiger partial charge in [-0.25, -0.2) is 4.98 Å². The number of imidazole rings is 1. The Kier molecular flexibility index (Phi) is 7.95. The predicted octanol–water partition coefficient (Wildman–Crippen LogP) is 5.69. The van der Waals surface area contributed by atoms with Crippen molar-refractivity contribution in [3.05, 3.63) is 79.0 Å². The summed E-state index contributed by atoms with van der Waals surface area (Å²) in [5, 5.41) is 3.62. The number of hydrogen-bond donors (Lipinski definition) is 1. The second kappa shape index (κ2) is 11.5. The van der Waals surface area contributed by atoms with Gasteiger partial charge < -0.3 is 19.5 Å². The molecule has 0 saturated heterocycles. The van der Waals surface area contributed by atoms with Gasteiger partial charge in [0.15, 0.2) is 5.16 Å². The highest BCUT2D eigenvalue weighted by Gasteiger charge is 2.14. The van der Waals surface area contributed by atoms with Crippen LogP contribution < -0.4 is 19.5 Å². The molecular formula is C27H27N3O4S. The lowest BCUT2D eigenvalue weighted by Gasteiger charge is -2.09. The highest BCUT2D eigenvalue weighted by atomic mass is 32.2. The topological polar surface area (TPSA) is 74.6 Å². The van der Waals surface area contributed by atoms with Crippen LogP contribution in [0.3, 0.4) is 0 Å². The molecule has 0 aliphatic rings. The van der Waals surface area contributed by atoms with E-state index in [1.54, 1.807) is 14.2 Å². The number of aromatic nitrogens is 2. The zero-order valence-electron chi connectivity index (χ0n) is 19.9. The Bertz CT molecular complexity index is 1250. The summed E-state index contributed by atoms with van der Waals surface area (Å²) >= 11 is 1.37. The van der Waals surface area contributed by atoms with Crippen LogP contribution in [-0.4, -0.2) is 42.0 Å². The lowest BCUT2D eigenvalue weighted by Crippen LogP contribution is -2.14. The largest absolute Gasteiger partial charge is 0.497 e. The summed E-state index contributed by atoms with van der Waals surface area (Å²) in [4.78, 5) is 17.5. The zero-order chi connectivity index (χ0) is 24.6. The van der Waals surface area contributed by atoms with E-state index < -0.39 is 0 Å². The van der Waals surface area contributed by atoms with Crippen molar-refractivity contribution < 1.29 is 19.0 Å². The molecule has 0 bridgehead atoms. The fourth-order valence-electron chi connectivity index (χ4n) is 3.42. The standard InChI is InChI=1S/C27H27N3O4S/c1-4-34-24-11-5-19(6-12-24)25-17-30(21-9-15-23(33-3)16-10-21)27(29-25)35-18-26(31)28-20-7-13-22(32-2)14-8-20/h5-17H,4,18H2,1-3H3,(H,28,31). The number of thioether (sulfide) groups is 1. The number of carbonyl (C=O) groups is 1. The molecule has 1 aromatic heterocycles. The van der Waals surface area contributed by atoms with Gasteiger partial charge in [0, 0.05) is 23.1 Å². The molecule has 180 valence electrons. The lowest BCUT2D eigenvalue weighted by molar-refractivity contribution is -0.113. The summed E-state index contributed by atoms with van der Waals surface area (Å²) < 4.78 is 18.0. The van der Waals surface area contributed by atoms with Crippen LogP contribution in [0.5, 0.6) is 17.2 Å². The van der Waals surface area contributed by atoms with Crippen LogP contribution in [0.25, 0.3) is 16.9 Å². The Morgan fingerprint density at radius 1 is 0.886 bits per heavy atom. The average Bonchev–Trinajstić information content (AvgIpc) is 3.33.